The highest BCUT2D eigenvalue weighted by Crippen LogP contribution is 2.27. The molecule has 1 aromatic carbocycles. The zero-order valence-electron chi connectivity index (χ0n) is 10.6. The zero-order chi connectivity index (χ0) is 14.0. The summed E-state index contributed by atoms with van der Waals surface area (Å²) in [7, 11) is 0. The Morgan fingerprint density at radius 2 is 1.89 bits per heavy atom. The number of anilines is 1. The lowest BCUT2D eigenvalue weighted by atomic mass is 10.3. The van der Waals surface area contributed by atoms with E-state index < -0.39 is 11.6 Å². The van der Waals surface area contributed by atoms with E-state index in [1.807, 2.05) is 6.92 Å². The molecule has 0 aliphatic rings. The van der Waals surface area contributed by atoms with Gasteiger partial charge in [0.05, 0.1) is 5.69 Å². The van der Waals surface area contributed by atoms with Crippen molar-refractivity contribution < 1.29 is 13.5 Å². The molecule has 19 heavy (non-hydrogen) atoms. The molecular weight excluding hydrogens is 252 g/mol. The first-order chi connectivity index (χ1) is 8.99. The predicted molar refractivity (Wildman–Crippen MR) is 67.0 cm³/mol. The minimum atomic E-state index is -0.742. The lowest BCUT2D eigenvalue weighted by molar-refractivity contribution is 0.420. The second-order valence-corrected chi connectivity index (χ2v) is 4.00. The van der Waals surface area contributed by atoms with E-state index >= 15 is 0 Å². The van der Waals surface area contributed by atoms with Crippen LogP contribution >= 0.6 is 0 Å². The van der Waals surface area contributed by atoms with Crippen LogP contribution in [0.1, 0.15) is 18.4 Å². The quantitative estimate of drug-likeness (QED) is 0.866. The number of halogens is 2. The second-order valence-electron chi connectivity index (χ2n) is 4.00. The van der Waals surface area contributed by atoms with Crippen LogP contribution in [0.5, 0.6) is 11.6 Å². The van der Waals surface area contributed by atoms with Crippen LogP contribution in [-0.4, -0.2) is 9.97 Å². The van der Waals surface area contributed by atoms with Gasteiger partial charge in [-0.3, -0.25) is 0 Å². The lowest BCUT2D eigenvalue weighted by Gasteiger charge is -2.08. The number of aromatic nitrogens is 2. The smallest absolute Gasteiger partial charge is 0.222 e. The third kappa shape index (κ3) is 2.96. The molecule has 0 aliphatic heterocycles. The fourth-order valence-corrected chi connectivity index (χ4v) is 1.57. The van der Waals surface area contributed by atoms with Crippen molar-refractivity contribution in [1.29, 1.82) is 0 Å². The maximum atomic E-state index is 13.6. The molecule has 0 bridgehead atoms. The monoisotopic (exact) mass is 265 g/mol. The minimum absolute atomic E-state index is 0.174. The average molecular weight is 265 g/mol. The Morgan fingerprint density at radius 3 is 2.58 bits per heavy atom. The van der Waals surface area contributed by atoms with E-state index in [0.717, 1.165) is 17.8 Å². The fraction of sp³-hybridized carbons (Fsp3) is 0.231. The molecule has 0 radical (unpaired) electrons. The summed E-state index contributed by atoms with van der Waals surface area (Å²) in [5.74, 6) is -1.06. The molecular formula is C13H13F2N3O. The molecule has 0 spiro atoms. The average Bonchev–Trinajstić information content (AvgIpc) is 2.35. The lowest BCUT2D eigenvalue weighted by Crippen LogP contribution is -2.00. The Kier molecular flexibility index (Phi) is 3.59. The van der Waals surface area contributed by atoms with Gasteiger partial charge >= 0.3 is 0 Å². The van der Waals surface area contributed by atoms with Crippen LogP contribution in [0.25, 0.3) is 0 Å². The maximum Gasteiger partial charge on any atom is 0.222 e. The standard InChI is InChI=1S/C13H13F2N3O/c1-3-8-4-13(18-7(2)17-8)19-12-6-9(14)11(16)5-10(12)15/h4-6H,3,16H2,1-2H3. The van der Waals surface area contributed by atoms with Gasteiger partial charge in [-0.2, -0.15) is 4.98 Å². The van der Waals surface area contributed by atoms with Crippen LogP contribution in [0.15, 0.2) is 18.2 Å². The van der Waals surface area contributed by atoms with E-state index in [4.69, 9.17) is 10.5 Å². The van der Waals surface area contributed by atoms with E-state index in [1.54, 1.807) is 13.0 Å². The van der Waals surface area contributed by atoms with Crippen molar-refractivity contribution in [1.82, 2.24) is 9.97 Å². The Balaban J connectivity index is 2.36. The number of nitrogens with two attached hydrogens (primary N) is 1. The molecule has 0 fully saturated rings. The van der Waals surface area contributed by atoms with E-state index in [2.05, 4.69) is 9.97 Å². The van der Waals surface area contributed by atoms with Crippen LogP contribution in [0.4, 0.5) is 14.5 Å². The Bertz CT molecular complexity index is 617. The van der Waals surface area contributed by atoms with Gasteiger partial charge in [-0.05, 0) is 13.3 Å². The molecule has 2 aromatic rings. The molecule has 0 amide bonds. The summed E-state index contributed by atoms with van der Waals surface area (Å²) in [5.41, 5.74) is 5.75. The summed E-state index contributed by atoms with van der Waals surface area (Å²) >= 11 is 0. The van der Waals surface area contributed by atoms with Crippen LogP contribution < -0.4 is 10.5 Å². The molecule has 100 valence electrons. The van der Waals surface area contributed by atoms with Gasteiger partial charge in [0.25, 0.3) is 0 Å². The number of hydrogen-bond donors (Lipinski definition) is 1. The number of rotatable bonds is 3. The molecule has 0 saturated carbocycles. The molecule has 1 aromatic heterocycles. The van der Waals surface area contributed by atoms with Crippen LogP contribution in [-0.2, 0) is 6.42 Å². The molecule has 4 nitrogen and oxygen atoms in total. The summed E-state index contributed by atoms with van der Waals surface area (Å²) in [6.45, 7) is 3.63. The van der Waals surface area contributed by atoms with Crippen molar-refractivity contribution in [3.05, 3.63) is 41.4 Å². The van der Waals surface area contributed by atoms with Crippen molar-refractivity contribution in [2.45, 2.75) is 20.3 Å². The summed E-state index contributed by atoms with van der Waals surface area (Å²) in [4.78, 5) is 8.19. The first-order valence-corrected chi connectivity index (χ1v) is 5.76. The van der Waals surface area contributed by atoms with Gasteiger partial charge in [0, 0.05) is 23.9 Å². The summed E-state index contributed by atoms with van der Waals surface area (Å²) in [5, 5.41) is 0. The van der Waals surface area contributed by atoms with Gasteiger partial charge in [-0.15, -0.1) is 0 Å². The van der Waals surface area contributed by atoms with E-state index in [-0.39, 0.29) is 17.3 Å². The van der Waals surface area contributed by atoms with Gasteiger partial charge in [-0.25, -0.2) is 13.8 Å². The molecule has 2 rings (SSSR count). The highest BCUT2D eigenvalue weighted by Gasteiger charge is 2.11. The molecule has 0 aliphatic carbocycles. The molecule has 0 unspecified atom stereocenters. The molecule has 2 N–H and O–H groups in total. The molecule has 0 saturated heterocycles. The van der Waals surface area contributed by atoms with Gasteiger partial charge in [0.2, 0.25) is 5.88 Å². The largest absolute Gasteiger partial charge is 0.436 e. The minimum Gasteiger partial charge on any atom is -0.436 e. The van der Waals surface area contributed by atoms with Gasteiger partial charge < -0.3 is 10.5 Å². The maximum absolute atomic E-state index is 13.6. The first-order valence-electron chi connectivity index (χ1n) is 5.76. The van der Waals surface area contributed by atoms with Crippen molar-refractivity contribution in [2.75, 3.05) is 5.73 Å². The van der Waals surface area contributed by atoms with Crippen molar-refractivity contribution in [3.8, 4) is 11.6 Å². The number of nitrogen functional groups attached to an aromatic ring is 1. The van der Waals surface area contributed by atoms with Gasteiger partial charge in [0.1, 0.15) is 11.6 Å². The summed E-state index contributed by atoms with van der Waals surface area (Å²) in [6.07, 6.45) is 0.693. The van der Waals surface area contributed by atoms with Crippen LogP contribution in [0.3, 0.4) is 0 Å². The number of ether oxygens (including phenoxy) is 1. The Morgan fingerprint density at radius 1 is 1.16 bits per heavy atom. The summed E-state index contributed by atoms with van der Waals surface area (Å²) < 4.78 is 32.1. The topological polar surface area (TPSA) is 61.0 Å². The van der Waals surface area contributed by atoms with E-state index in [9.17, 15) is 8.78 Å². The van der Waals surface area contributed by atoms with Crippen molar-refractivity contribution >= 4 is 5.69 Å². The Labute approximate surface area is 109 Å². The summed E-state index contributed by atoms with van der Waals surface area (Å²) in [6, 6.07) is 3.36. The van der Waals surface area contributed by atoms with Crippen LogP contribution in [0, 0.1) is 18.6 Å². The molecule has 1 heterocycles. The number of aryl methyl sites for hydroxylation is 2. The van der Waals surface area contributed by atoms with Crippen molar-refractivity contribution in [2.24, 2.45) is 0 Å². The van der Waals surface area contributed by atoms with Gasteiger partial charge in [-0.1, -0.05) is 6.92 Å². The highest BCUT2D eigenvalue weighted by molar-refractivity contribution is 5.45. The highest BCUT2D eigenvalue weighted by atomic mass is 19.1. The third-order valence-electron chi connectivity index (χ3n) is 2.50. The normalized spacial score (nSPS) is 10.5. The second kappa shape index (κ2) is 5.17. The predicted octanol–water partition coefficient (Wildman–Crippen LogP) is 3.00. The van der Waals surface area contributed by atoms with E-state index in [1.165, 1.54) is 0 Å². The van der Waals surface area contributed by atoms with Gasteiger partial charge in [0.15, 0.2) is 11.6 Å². The molecule has 0 atom stereocenters. The number of nitrogens with zero attached hydrogens (tertiary/aromatic N) is 2. The Hall–Kier alpha value is -2.24. The fourth-order valence-electron chi connectivity index (χ4n) is 1.57. The van der Waals surface area contributed by atoms with E-state index in [0.29, 0.717) is 12.2 Å². The van der Waals surface area contributed by atoms with Crippen molar-refractivity contribution in [3.63, 3.8) is 0 Å². The number of hydrogen-bond acceptors (Lipinski definition) is 4. The SMILES string of the molecule is CCc1cc(Oc2cc(F)c(N)cc2F)nc(C)n1. The molecule has 6 heteroatoms. The number of benzene rings is 1. The first kappa shape index (κ1) is 13.2. The zero-order valence-corrected chi connectivity index (χ0v) is 10.6. The van der Waals surface area contributed by atoms with Crippen LogP contribution in [0.2, 0.25) is 0 Å². The third-order valence-corrected chi connectivity index (χ3v) is 2.50.